The predicted octanol–water partition coefficient (Wildman–Crippen LogP) is 11.2. The lowest BCUT2D eigenvalue weighted by molar-refractivity contribution is 0.415. The van der Waals surface area contributed by atoms with Crippen LogP contribution in [0.2, 0.25) is 0 Å². The molecule has 5 nitrogen and oxygen atoms in total. The summed E-state index contributed by atoms with van der Waals surface area (Å²) < 4.78 is 9.99. The second kappa shape index (κ2) is 11.2. The van der Waals surface area contributed by atoms with Crippen LogP contribution in [0.5, 0.6) is 5.75 Å². The smallest absolute Gasteiger partial charge is 0.235 e. The van der Waals surface area contributed by atoms with Crippen molar-refractivity contribution in [3.63, 3.8) is 0 Å². The molecule has 50 heavy (non-hydrogen) atoms. The number of aromatic nitrogens is 4. The first-order chi connectivity index (χ1) is 24.7. The van der Waals surface area contributed by atoms with Gasteiger partial charge in [0.2, 0.25) is 5.95 Å². The molecule has 0 amide bonds. The lowest BCUT2D eigenvalue weighted by Crippen LogP contribution is -2.03. The molecule has 3 heterocycles. The highest BCUT2D eigenvalue weighted by Gasteiger charge is 2.19. The van der Waals surface area contributed by atoms with Crippen LogP contribution in [0, 0.1) is 0 Å². The van der Waals surface area contributed by atoms with E-state index >= 15 is 0 Å². The van der Waals surface area contributed by atoms with Crippen molar-refractivity contribution in [2.75, 3.05) is 7.11 Å². The minimum absolute atomic E-state index is 0.642. The van der Waals surface area contributed by atoms with Crippen LogP contribution in [0.4, 0.5) is 0 Å². The van der Waals surface area contributed by atoms with Gasteiger partial charge in [-0.3, -0.25) is 4.57 Å². The van der Waals surface area contributed by atoms with Crippen molar-refractivity contribution in [2.45, 2.75) is 0 Å². The Morgan fingerprint density at radius 2 is 0.940 bits per heavy atom. The average molecular weight is 643 g/mol. The van der Waals surface area contributed by atoms with Gasteiger partial charge in [0.1, 0.15) is 5.75 Å². The average Bonchev–Trinajstić information content (AvgIpc) is 3.70. The van der Waals surface area contributed by atoms with Crippen molar-refractivity contribution in [3.8, 4) is 39.8 Å². The Bertz CT molecular complexity index is 2900. The summed E-state index contributed by atoms with van der Waals surface area (Å²) in [4.78, 5) is 10.4. The minimum Gasteiger partial charge on any atom is -0.497 e. The Morgan fingerprint density at radius 3 is 1.60 bits per heavy atom. The fourth-order valence-electron chi connectivity index (χ4n) is 7.51. The number of hydrogen-bond donors (Lipinski definition) is 0. The molecule has 236 valence electrons. The zero-order chi connectivity index (χ0) is 33.2. The highest BCUT2D eigenvalue weighted by molar-refractivity contribution is 6.12. The predicted molar refractivity (Wildman–Crippen MR) is 206 cm³/mol. The van der Waals surface area contributed by atoms with Gasteiger partial charge >= 0.3 is 0 Å². The number of benzene rings is 7. The van der Waals surface area contributed by atoms with Gasteiger partial charge in [-0.25, -0.2) is 9.97 Å². The minimum atomic E-state index is 0.642. The van der Waals surface area contributed by atoms with Crippen LogP contribution in [0.25, 0.3) is 88.5 Å². The summed E-state index contributed by atoms with van der Waals surface area (Å²) in [6, 6.07) is 57.7. The molecule has 0 spiro atoms. The lowest BCUT2D eigenvalue weighted by atomic mass is 10.0. The maximum atomic E-state index is 5.43. The van der Waals surface area contributed by atoms with Crippen molar-refractivity contribution < 1.29 is 4.74 Å². The molecule has 0 saturated heterocycles. The summed E-state index contributed by atoms with van der Waals surface area (Å²) >= 11 is 0. The Balaban J connectivity index is 1.17. The lowest BCUT2D eigenvalue weighted by Gasteiger charge is -2.12. The van der Waals surface area contributed by atoms with E-state index in [0.717, 1.165) is 61.0 Å². The molecule has 10 rings (SSSR count). The molecule has 7 aromatic carbocycles. The first kappa shape index (κ1) is 28.3. The molecule has 0 fully saturated rings. The Kier molecular flexibility index (Phi) is 6.33. The van der Waals surface area contributed by atoms with Gasteiger partial charge < -0.3 is 9.30 Å². The van der Waals surface area contributed by atoms with E-state index in [0.29, 0.717) is 5.95 Å². The molecule has 0 aliphatic heterocycles. The molecule has 5 heteroatoms. The third-order valence-electron chi connectivity index (χ3n) is 9.85. The molecule has 10 aromatic rings. The molecule has 0 unspecified atom stereocenters. The summed E-state index contributed by atoms with van der Waals surface area (Å²) in [5, 5.41) is 5.81. The van der Waals surface area contributed by atoms with Gasteiger partial charge in [0.15, 0.2) is 0 Å². The van der Waals surface area contributed by atoms with Gasteiger partial charge in [-0.15, -0.1) is 0 Å². The van der Waals surface area contributed by atoms with Gasteiger partial charge in [-0.1, -0.05) is 84.9 Å². The molecule has 3 aromatic heterocycles. The molecule has 0 saturated carbocycles. The van der Waals surface area contributed by atoms with Crippen molar-refractivity contribution in [2.24, 2.45) is 0 Å². The van der Waals surface area contributed by atoms with Crippen LogP contribution < -0.4 is 4.74 Å². The molecular weight excluding hydrogens is 613 g/mol. The Hall–Kier alpha value is -6.72. The third-order valence-corrected chi connectivity index (χ3v) is 9.85. The van der Waals surface area contributed by atoms with E-state index in [4.69, 9.17) is 14.7 Å². The van der Waals surface area contributed by atoms with Crippen LogP contribution in [0.1, 0.15) is 0 Å². The van der Waals surface area contributed by atoms with Crippen molar-refractivity contribution in [1.29, 1.82) is 0 Å². The summed E-state index contributed by atoms with van der Waals surface area (Å²) in [7, 11) is 1.68. The summed E-state index contributed by atoms with van der Waals surface area (Å²) in [6.45, 7) is 0. The van der Waals surface area contributed by atoms with E-state index < -0.39 is 0 Å². The van der Waals surface area contributed by atoms with Crippen molar-refractivity contribution >= 4 is 54.5 Å². The monoisotopic (exact) mass is 642 g/mol. The SMILES string of the molecule is COc1ccc(-c2nc(-n3c4ccccc4c4cc(-c5ccc6c(c5)c5ccccc5n6-c5ccccc5)ccc43)nc3ccccc23)cc1. The van der Waals surface area contributed by atoms with Crippen LogP contribution >= 0.6 is 0 Å². The number of hydrogen-bond acceptors (Lipinski definition) is 3. The zero-order valence-corrected chi connectivity index (χ0v) is 27.3. The van der Waals surface area contributed by atoms with Crippen LogP contribution in [-0.2, 0) is 0 Å². The van der Waals surface area contributed by atoms with Gasteiger partial charge in [0.25, 0.3) is 0 Å². The highest BCUT2D eigenvalue weighted by atomic mass is 16.5. The van der Waals surface area contributed by atoms with Gasteiger partial charge in [-0.2, -0.15) is 0 Å². The van der Waals surface area contributed by atoms with Gasteiger partial charge in [0, 0.05) is 38.2 Å². The molecule has 0 bridgehead atoms. The van der Waals surface area contributed by atoms with Crippen molar-refractivity contribution in [3.05, 3.63) is 164 Å². The molecule has 0 aliphatic carbocycles. The number of ether oxygens (including phenoxy) is 1. The maximum absolute atomic E-state index is 5.43. The normalized spacial score (nSPS) is 11.7. The quantitative estimate of drug-likeness (QED) is 0.188. The van der Waals surface area contributed by atoms with Gasteiger partial charge in [0.05, 0.1) is 40.4 Å². The van der Waals surface area contributed by atoms with E-state index in [1.807, 2.05) is 24.3 Å². The van der Waals surface area contributed by atoms with Gasteiger partial charge in [-0.05, 0) is 90.0 Å². The molecule has 0 aliphatic rings. The van der Waals surface area contributed by atoms with E-state index in [1.165, 1.54) is 27.4 Å². The van der Waals surface area contributed by atoms with E-state index in [9.17, 15) is 0 Å². The summed E-state index contributed by atoms with van der Waals surface area (Å²) in [6.07, 6.45) is 0. The number of nitrogens with zero attached hydrogens (tertiary/aromatic N) is 4. The second-order valence-corrected chi connectivity index (χ2v) is 12.6. The van der Waals surface area contributed by atoms with Crippen molar-refractivity contribution in [1.82, 2.24) is 19.1 Å². The Labute approximate surface area is 288 Å². The topological polar surface area (TPSA) is 44.9 Å². The Morgan fingerprint density at radius 1 is 0.420 bits per heavy atom. The molecule has 0 atom stereocenters. The third kappa shape index (κ3) is 4.34. The number of fused-ring (bicyclic) bond motifs is 7. The number of para-hydroxylation sites is 4. The summed E-state index contributed by atoms with van der Waals surface area (Å²) in [5.74, 6) is 1.45. The fourth-order valence-corrected chi connectivity index (χ4v) is 7.51. The number of rotatable bonds is 5. The first-order valence-electron chi connectivity index (χ1n) is 16.8. The summed E-state index contributed by atoms with van der Waals surface area (Å²) in [5.41, 5.74) is 10.8. The molecule has 0 radical (unpaired) electrons. The van der Waals surface area contributed by atoms with E-state index in [1.54, 1.807) is 7.11 Å². The standard InChI is InChI=1S/C45H30N4O/c1-50-33-23-19-29(20-24-33)44-36-15-5-8-16-39(36)46-45(47-44)49-41-18-10-7-14-35(41)38-28-31(22-26-43(38)49)30-21-25-42-37(27-30)34-13-6-9-17-40(34)48(42)32-11-3-2-4-12-32/h2-28H,1H3. The molecule has 0 N–H and O–H groups in total. The van der Waals surface area contributed by atoms with Crippen LogP contribution in [0.3, 0.4) is 0 Å². The zero-order valence-electron chi connectivity index (χ0n) is 27.3. The fraction of sp³-hybridized carbons (Fsp3) is 0.0222. The van der Waals surface area contributed by atoms with E-state index in [-0.39, 0.29) is 0 Å². The largest absolute Gasteiger partial charge is 0.497 e. The number of methoxy groups -OCH3 is 1. The second-order valence-electron chi connectivity index (χ2n) is 12.6. The van der Waals surface area contributed by atoms with Crippen LogP contribution in [0.15, 0.2) is 164 Å². The highest BCUT2D eigenvalue weighted by Crippen LogP contribution is 2.38. The molecular formula is C45H30N4O. The first-order valence-corrected chi connectivity index (χ1v) is 16.8. The maximum Gasteiger partial charge on any atom is 0.235 e. The van der Waals surface area contributed by atoms with Crippen LogP contribution in [-0.4, -0.2) is 26.2 Å². The van der Waals surface area contributed by atoms with E-state index in [2.05, 4.69) is 149 Å².